The van der Waals surface area contributed by atoms with Gasteiger partial charge in [0.05, 0.1) is 16.3 Å². The summed E-state index contributed by atoms with van der Waals surface area (Å²) < 4.78 is 0. The predicted molar refractivity (Wildman–Crippen MR) is 97.3 cm³/mol. The van der Waals surface area contributed by atoms with Gasteiger partial charge in [0, 0.05) is 19.8 Å². The number of benzene rings is 1. The number of nitrogens with zero attached hydrogens (tertiary/aromatic N) is 3. The molecule has 7 heteroatoms. The van der Waals surface area contributed by atoms with Crippen molar-refractivity contribution in [2.45, 2.75) is 18.6 Å². The minimum absolute atomic E-state index is 0.0506. The molecule has 124 valence electrons. The van der Waals surface area contributed by atoms with Gasteiger partial charge in [-0.15, -0.1) is 0 Å². The van der Waals surface area contributed by atoms with Gasteiger partial charge in [0.15, 0.2) is 10.8 Å². The zero-order valence-corrected chi connectivity index (χ0v) is 15.0. The molecule has 0 radical (unpaired) electrons. The Morgan fingerprint density at radius 3 is 2.96 bits per heavy atom. The number of nitrogens with one attached hydrogen (secondary N) is 1. The monoisotopic (exact) mass is 360 g/mol. The molecule has 0 aliphatic rings. The molecule has 0 aliphatic heterocycles. The van der Waals surface area contributed by atoms with Crippen molar-refractivity contribution in [3.63, 3.8) is 0 Å². The average Bonchev–Trinajstić information content (AvgIpc) is 2.96. The number of imidazole rings is 1. The van der Waals surface area contributed by atoms with E-state index in [2.05, 4.69) is 27.9 Å². The van der Waals surface area contributed by atoms with E-state index in [0.717, 1.165) is 11.1 Å². The van der Waals surface area contributed by atoms with Gasteiger partial charge >= 0.3 is 0 Å². The summed E-state index contributed by atoms with van der Waals surface area (Å²) in [5, 5.41) is 1.22. The maximum Gasteiger partial charge on any atom is 0.233 e. The molecule has 5 nitrogen and oxygen atoms in total. The molecule has 0 atom stereocenters. The van der Waals surface area contributed by atoms with Gasteiger partial charge in [-0.25, -0.2) is 9.97 Å². The number of aromatic nitrogens is 3. The molecule has 0 bridgehead atoms. The van der Waals surface area contributed by atoms with Gasteiger partial charge in [-0.2, -0.15) is 0 Å². The third kappa shape index (κ3) is 3.88. The first-order chi connectivity index (χ1) is 11.5. The summed E-state index contributed by atoms with van der Waals surface area (Å²) in [5.41, 5.74) is 3.71. The van der Waals surface area contributed by atoms with Crippen molar-refractivity contribution in [2.24, 2.45) is 0 Å². The highest BCUT2D eigenvalue weighted by Gasteiger charge is 2.13. The maximum absolute atomic E-state index is 12.3. The first kappa shape index (κ1) is 16.8. The number of hydrogen-bond acceptors (Lipinski definition) is 4. The molecule has 1 N–H and O–H groups in total. The molecule has 0 saturated carbocycles. The van der Waals surface area contributed by atoms with Gasteiger partial charge in [-0.1, -0.05) is 47.6 Å². The van der Waals surface area contributed by atoms with Gasteiger partial charge < -0.3 is 9.88 Å². The van der Waals surface area contributed by atoms with Crippen LogP contribution >= 0.6 is 23.4 Å². The number of carbonyl (C=O) groups is 1. The summed E-state index contributed by atoms with van der Waals surface area (Å²) in [6.07, 6.45) is 1.56. The molecule has 24 heavy (non-hydrogen) atoms. The van der Waals surface area contributed by atoms with E-state index < -0.39 is 0 Å². The number of carbonyl (C=O) groups excluding carboxylic acids is 1. The highest BCUT2D eigenvalue weighted by atomic mass is 35.5. The molecule has 2 aromatic heterocycles. The second-order valence-electron chi connectivity index (χ2n) is 5.53. The van der Waals surface area contributed by atoms with Crippen LogP contribution in [-0.2, 0) is 11.3 Å². The van der Waals surface area contributed by atoms with E-state index in [9.17, 15) is 4.79 Å². The van der Waals surface area contributed by atoms with Crippen LogP contribution in [0.4, 0.5) is 0 Å². The predicted octanol–water partition coefficient (Wildman–Crippen LogP) is 3.67. The zero-order valence-electron chi connectivity index (χ0n) is 13.4. The SMILES string of the molecule is Cc1ccccc1CN(C)C(=O)CSc1nc2ncc(Cl)cc2[nH]1. The van der Waals surface area contributed by atoms with Crippen molar-refractivity contribution in [3.8, 4) is 0 Å². The summed E-state index contributed by atoms with van der Waals surface area (Å²) >= 11 is 7.27. The van der Waals surface area contributed by atoms with Crippen LogP contribution in [0.1, 0.15) is 11.1 Å². The Kier molecular flexibility index (Phi) is 5.06. The quantitative estimate of drug-likeness (QED) is 0.705. The topological polar surface area (TPSA) is 61.9 Å². The minimum atomic E-state index is 0.0506. The van der Waals surface area contributed by atoms with Gasteiger partial charge in [0.1, 0.15) is 0 Å². The summed E-state index contributed by atoms with van der Waals surface area (Å²) in [7, 11) is 1.81. The second-order valence-corrected chi connectivity index (χ2v) is 6.93. The molecule has 0 aliphatic carbocycles. The number of pyridine rings is 1. The molecular weight excluding hydrogens is 344 g/mol. The number of H-pyrrole nitrogens is 1. The first-order valence-electron chi connectivity index (χ1n) is 7.45. The van der Waals surface area contributed by atoms with E-state index >= 15 is 0 Å². The average molecular weight is 361 g/mol. The summed E-state index contributed by atoms with van der Waals surface area (Å²) in [5.74, 6) is 0.366. The van der Waals surface area contributed by atoms with E-state index in [4.69, 9.17) is 11.6 Å². The molecule has 3 aromatic rings. The minimum Gasteiger partial charge on any atom is -0.341 e. The fourth-order valence-electron chi connectivity index (χ4n) is 2.29. The highest BCUT2D eigenvalue weighted by molar-refractivity contribution is 7.99. The number of amides is 1. The zero-order chi connectivity index (χ0) is 17.1. The van der Waals surface area contributed by atoms with Gasteiger partial charge in [-0.05, 0) is 24.1 Å². The largest absolute Gasteiger partial charge is 0.341 e. The molecule has 3 rings (SSSR count). The van der Waals surface area contributed by atoms with Crippen LogP contribution < -0.4 is 0 Å². The fraction of sp³-hybridized carbons (Fsp3) is 0.235. The van der Waals surface area contributed by atoms with Crippen molar-refractivity contribution in [1.29, 1.82) is 0 Å². The lowest BCUT2D eigenvalue weighted by molar-refractivity contribution is -0.127. The number of halogens is 1. The maximum atomic E-state index is 12.3. The van der Waals surface area contributed by atoms with Crippen LogP contribution in [-0.4, -0.2) is 38.6 Å². The number of thioether (sulfide) groups is 1. The summed E-state index contributed by atoms with van der Waals surface area (Å²) in [6, 6.07) is 9.85. The molecule has 0 saturated heterocycles. The lowest BCUT2D eigenvalue weighted by atomic mass is 10.1. The third-order valence-corrected chi connectivity index (χ3v) is 4.77. The van der Waals surface area contributed by atoms with Crippen molar-refractivity contribution < 1.29 is 4.79 Å². The molecule has 0 fully saturated rings. The van der Waals surface area contributed by atoms with Crippen LogP contribution in [0.2, 0.25) is 5.02 Å². The molecule has 1 amide bonds. The van der Waals surface area contributed by atoms with E-state index in [-0.39, 0.29) is 5.91 Å². The van der Waals surface area contributed by atoms with E-state index in [1.54, 1.807) is 17.2 Å². The van der Waals surface area contributed by atoms with Crippen molar-refractivity contribution in [2.75, 3.05) is 12.8 Å². The van der Waals surface area contributed by atoms with Crippen molar-refractivity contribution >= 4 is 40.4 Å². The van der Waals surface area contributed by atoms with Crippen LogP contribution in [0.5, 0.6) is 0 Å². The molecular formula is C17H17ClN4OS. The Morgan fingerprint density at radius 1 is 1.38 bits per heavy atom. The standard InChI is InChI=1S/C17H17ClN4OS/c1-11-5-3-4-6-12(11)9-22(2)15(23)10-24-17-20-14-7-13(18)8-19-16(14)21-17/h3-8H,9-10H2,1-2H3,(H,19,20,21). The Bertz CT molecular complexity index is 880. The summed E-state index contributed by atoms with van der Waals surface area (Å²) in [4.78, 5) is 25.7. The summed E-state index contributed by atoms with van der Waals surface area (Å²) in [6.45, 7) is 2.65. The first-order valence-corrected chi connectivity index (χ1v) is 8.82. The third-order valence-electron chi connectivity index (χ3n) is 3.71. The number of aryl methyl sites for hydroxylation is 1. The van der Waals surface area contributed by atoms with Crippen LogP contribution in [0.3, 0.4) is 0 Å². The Balaban J connectivity index is 1.60. The van der Waals surface area contributed by atoms with Crippen LogP contribution in [0.25, 0.3) is 11.2 Å². The fourth-order valence-corrected chi connectivity index (χ4v) is 3.26. The van der Waals surface area contributed by atoms with Crippen molar-refractivity contribution in [3.05, 3.63) is 52.7 Å². The van der Waals surface area contributed by atoms with Crippen molar-refractivity contribution in [1.82, 2.24) is 19.9 Å². The molecule has 2 heterocycles. The number of aromatic amines is 1. The molecule has 0 spiro atoms. The van der Waals surface area contributed by atoms with Gasteiger partial charge in [0.25, 0.3) is 0 Å². The van der Waals surface area contributed by atoms with Gasteiger partial charge in [0.2, 0.25) is 5.91 Å². The number of rotatable bonds is 5. The van der Waals surface area contributed by atoms with E-state index in [1.165, 1.54) is 17.3 Å². The van der Waals surface area contributed by atoms with Crippen LogP contribution in [0, 0.1) is 6.92 Å². The lowest BCUT2D eigenvalue weighted by Crippen LogP contribution is -2.28. The molecule has 1 aromatic carbocycles. The smallest absolute Gasteiger partial charge is 0.233 e. The van der Waals surface area contributed by atoms with Gasteiger partial charge in [-0.3, -0.25) is 4.79 Å². The normalized spacial score (nSPS) is 11.0. The Hall–Kier alpha value is -2.05. The highest BCUT2D eigenvalue weighted by Crippen LogP contribution is 2.21. The lowest BCUT2D eigenvalue weighted by Gasteiger charge is -2.18. The Morgan fingerprint density at radius 2 is 2.17 bits per heavy atom. The Labute approximate surface area is 149 Å². The second kappa shape index (κ2) is 7.23. The molecule has 0 unspecified atom stereocenters. The number of fused-ring (bicyclic) bond motifs is 1. The number of hydrogen-bond donors (Lipinski definition) is 1. The van der Waals surface area contributed by atoms with E-state index in [0.29, 0.717) is 28.1 Å². The van der Waals surface area contributed by atoms with Crippen LogP contribution in [0.15, 0.2) is 41.7 Å². The van der Waals surface area contributed by atoms with E-state index in [1.807, 2.05) is 25.2 Å².